The number of imide groups is 1. The van der Waals surface area contributed by atoms with Crippen LogP contribution >= 0.6 is 0 Å². The first-order valence-corrected chi connectivity index (χ1v) is 11.7. The first-order valence-electron chi connectivity index (χ1n) is 11.7. The van der Waals surface area contributed by atoms with Gasteiger partial charge in [-0.25, -0.2) is 9.18 Å². The summed E-state index contributed by atoms with van der Waals surface area (Å²) in [7, 11) is 0. The summed E-state index contributed by atoms with van der Waals surface area (Å²) < 4.78 is 13.4. The Morgan fingerprint density at radius 2 is 1.73 bits per heavy atom. The molecule has 1 N–H and O–H groups in total. The van der Waals surface area contributed by atoms with Crippen LogP contribution in [0, 0.1) is 5.82 Å². The summed E-state index contributed by atoms with van der Waals surface area (Å²) in [4.78, 5) is 42.6. The van der Waals surface area contributed by atoms with E-state index in [1.54, 1.807) is 17.0 Å². The summed E-state index contributed by atoms with van der Waals surface area (Å²) in [5.74, 6) is -1.000. The van der Waals surface area contributed by atoms with Gasteiger partial charge in [0.1, 0.15) is 17.9 Å². The van der Waals surface area contributed by atoms with Crippen LogP contribution in [0.5, 0.6) is 0 Å². The maximum Gasteiger partial charge on any atom is 0.325 e. The van der Waals surface area contributed by atoms with Gasteiger partial charge in [0, 0.05) is 12.6 Å². The fourth-order valence-electron chi connectivity index (χ4n) is 4.96. The lowest BCUT2D eigenvalue weighted by molar-refractivity contribution is -0.141. The molecular formula is C26H30FN3O3. The number of carbonyl (C=O) groups is 3. The molecule has 1 saturated carbocycles. The second-order valence-corrected chi connectivity index (χ2v) is 8.89. The van der Waals surface area contributed by atoms with E-state index < -0.39 is 17.5 Å². The third kappa shape index (κ3) is 4.63. The Balaban J connectivity index is 1.56. The van der Waals surface area contributed by atoms with Crippen LogP contribution < -0.4 is 5.32 Å². The van der Waals surface area contributed by atoms with Crippen molar-refractivity contribution in [1.82, 2.24) is 15.1 Å². The summed E-state index contributed by atoms with van der Waals surface area (Å²) >= 11 is 0. The van der Waals surface area contributed by atoms with Crippen LogP contribution in [0.2, 0.25) is 0 Å². The van der Waals surface area contributed by atoms with Crippen LogP contribution in [-0.2, 0) is 21.7 Å². The van der Waals surface area contributed by atoms with Gasteiger partial charge in [-0.2, -0.15) is 0 Å². The summed E-state index contributed by atoms with van der Waals surface area (Å²) in [5.41, 5.74) is 0.363. The van der Waals surface area contributed by atoms with E-state index in [0.717, 1.165) is 42.6 Å². The van der Waals surface area contributed by atoms with Crippen LogP contribution in [0.3, 0.4) is 0 Å². The van der Waals surface area contributed by atoms with E-state index in [9.17, 15) is 18.8 Å². The van der Waals surface area contributed by atoms with E-state index in [2.05, 4.69) is 5.32 Å². The molecule has 33 heavy (non-hydrogen) atoms. The average Bonchev–Trinajstić information content (AvgIpc) is 3.09. The standard InChI is InChI=1S/C26H30FN3O3/c1-2-26(20-9-5-3-6-10-20)24(32)30(25(33)28-26)18-23(31)29(22-11-7-4-8-12-22)17-19-13-15-21(27)16-14-19/h3,5-6,9-10,13-16,22H,2,4,7-8,11-12,17-18H2,1H3,(H,28,33). The summed E-state index contributed by atoms with van der Waals surface area (Å²) in [5, 5.41) is 2.84. The normalized spacial score (nSPS) is 21.2. The monoisotopic (exact) mass is 451 g/mol. The van der Waals surface area contributed by atoms with E-state index in [-0.39, 0.29) is 24.3 Å². The second-order valence-electron chi connectivity index (χ2n) is 8.89. The van der Waals surface area contributed by atoms with Crippen LogP contribution in [0.1, 0.15) is 56.6 Å². The molecule has 2 aromatic rings. The molecule has 1 atom stereocenters. The van der Waals surface area contributed by atoms with Gasteiger partial charge in [-0.05, 0) is 42.5 Å². The molecule has 4 amide bonds. The Morgan fingerprint density at radius 3 is 2.36 bits per heavy atom. The number of amides is 4. The molecule has 1 unspecified atom stereocenters. The van der Waals surface area contributed by atoms with Crippen molar-refractivity contribution in [2.24, 2.45) is 0 Å². The number of hydrogen-bond donors (Lipinski definition) is 1. The molecule has 6 nitrogen and oxygen atoms in total. The van der Waals surface area contributed by atoms with Gasteiger partial charge >= 0.3 is 6.03 Å². The second kappa shape index (κ2) is 9.73. The number of nitrogens with one attached hydrogen (secondary N) is 1. The predicted octanol–water partition coefficient (Wildman–Crippen LogP) is 4.34. The molecule has 7 heteroatoms. The summed E-state index contributed by atoms with van der Waals surface area (Å²) in [6.07, 6.45) is 5.36. The zero-order valence-corrected chi connectivity index (χ0v) is 18.9. The van der Waals surface area contributed by atoms with Gasteiger partial charge in [0.05, 0.1) is 0 Å². The van der Waals surface area contributed by atoms with E-state index in [1.165, 1.54) is 12.1 Å². The molecule has 2 aromatic carbocycles. The molecule has 0 bridgehead atoms. The highest BCUT2D eigenvalue weighted by atomic mass is 19.1. The number of rotatable bonds is 7. The Kier molecular flexibility index (Phi) is 6.77. The van der Waals surface area contributed by atoms with Gasteiger partial charge < -0.3 is 10.2 Å². The number of urea groups is 1. The van der Waals surface area contributed by atoms with Crippen molar-refractivity contribution in [3.63, 3.8) is 0 Å². The van der Waals surface area contributed by atoms with Crippen LogP contribution in [0.15, 0.2) is 54.6 Å². The van der Waals surface area contributed by atoms with Gasteiger partial charge in [-0.3, -0.25) is 14.5 Å². The Morgan fingerprint density at radius 1 is 1.06 bits per heavy atom. The van der Waals surface area contributed by atoms with Crippen molar-refractivity contribution < 1.29 is 18.8 Å². The fourth-order valence-corrected chi connectivity index (χ4v) is 4.96. The minimum Gasteiger partial charge on any atom is -0.334 e. The first kappa shape index (κ1) is 23.0. The Labute approximate surface area is 193 Å². The number of nitrogens with zero attached hydrogens (tertiary/aromatic N) is 2. The predicted molar refractivity (Wildman–Crippen MR) is 122 cm³/mol. The van der Waals surface area contributed by atoms with Crippen LogP contribution in [0.4, 0.5) is 9.18 Å². The molecule has 1 saturated heterocycles. The highest BCUT2D eigenvalue weighted by Gasteiger charge is 2.51. The van der Waals surface area contributed by atoms with Gasteiger partial charge in [0.2, 0.25) is 5.91 Å². The SMILES string of the molecule is CCC1(c2ccccc2)NC(=O)N(CC(=O)N(Cc2ccc(F)cc2)C2CCCCC2)C1=O. The van der Waals surface area contributed by atoms with Gasteiger partial charge in [-0.15, -0.1) is 0 Å². The zero-order chi connectivity index (χ0) is 23.4. The topological polar surface area (TPSA) is 69.7 Å². The molecule has 4 rings (SSSR count). The molecular weight excluding hydrogens is 421 g/mol. The molecule has 1 heterocycles. The summed E-state index contributed by atoms with van der Waals surface area (Å²) in [6.45, 7) is 1.86. The van der Waals surface area contributed by atoms with E-state index >= 15 is 0 Å². The third-order valence-electron chi connectivity index (χ3n) is 6.87. The molecule has 0 spiro atoms. The Hall–Kier alpha value is -3.22. The lowest BCUT2D eigenvalue weighted by Gasteiger charge is -2.35. The molecule has 2 fully saturated rings. The van der Waals surface area contributed by atoms with E-state index in [1.807, 2.05) is 37.3 Å². The van der Waals surface area contributed by atoms with Crippen molar-refractivity contribution >= 4 is 17.8 Å². The minimum absolute atomic E-state index is 0.0436. The minimum atomic E-state index is -1.16. The maximum absolute atomic E-state index is 13.5. The largest absolute Gasteiger partial charge is 0.334 e. The maximum atomic E-state index is 13.5. The molecule has 0 radical (unpaired) electrons. The van der Waals surface area contributed by atoms with Crippen molar-refractivity contribution in [2.75, 3.05) is 6.54 Å². The molecule has 2 aliphatic rings. The van der Waals surface area contributed by atoms with Gasteiger partial charge in [0.25, 0.3) is 5.91 Å². The van der Waals surface area contributed by atoms with Crippen molar-refractivity contribution in [3.05, 3.63) is 71.5 Å². The number of hydrogen-bond acceptors (Lipinski definition) is 3. The van der Waals surface area contributed by atoms with E-state index in [4.69, 9.17) is 0 Å². The summed E-state index contributed by atoms with van der Waals surface area (Å²) in [6, 6.07) is 14.7. The smallest absolute Gasteiger partial charge is 0.325 e. The quantitative estimate of drug-likeness (QED) is 0.637. The number of halogens is 1. The van der Waals surface area contributed by atoms with Gasteiger partial charge in [0.15, 0.2) is 0 Å². The third-order valence-corrected chi connectivity index (χ3v) is 6.87. The highest BCUT2D eigenvalue weighted by Crippen LogP contribution is 2.33. The lowest BCUT2D eigenvalue weighted by atomic mass is 9.87. The molecule has 1 aliphatic carbocycles. The fraction of sp³-hybridized carbons (Fsp3) is 0.423. The van der Waals surface area contributed by atoms with E-state index in [0.29, 0.717) is 18.5 Å². The zero-order valence-electron chi connectivity index (χ0n) is 18.9. The number of benzene rings is 2. The van der Waals surface area contributed by atoms with Gasteiger partial charge in [-0.1, -0.05) is 68.7 Å². The van der Waals surface area contributed by atoms with Crippen molar-refractivity contribution in [1.29, 1.82) is 0 Å². The Bertz CT molecular complexity index is 1010. The van der Waals surface area contributed by atoms with Crippen LogP contribution in [-0.4, -0.2) is 40.2 Å². The van der Waals surface area contributed by atoms with Crippen molar-refractivity contribution in [3.8, 4) is 0 Å². The molecule has 174 valence electrons. The first-order chi connectivity index (χ1) is 15.9. The lowest BCUT2D eigenvalue weighted by Crippen LogP contribution is -2.48. The van der Waals surface area contributed by atoms with Crippen LogP contribution in [0.25, 0.3) is 0 Å². The molecule has 1 aliphatic heterocycles. The highest BCUT2D eigenvalue weighted by molar-refractivity contribution is 6.09. The van der Waals surface area contributed by atoms with Crippen molar-refractivity contribution in [2.45, 2.75) is 63.6 Å². The average molecular weight is 452 g/mol. The number of carbonyl (C=O) groups excluding carboxylic acids is 3. The molecule has 0 aromatic heterocycles.